The maximum atomic E-state index is 12.2. The number of carbonyl (C=O) groups excluding carboxylic acids is 1. The number of nitrogen functional groups attached to an aromatic ring is 1. The second-order valence-corrected chi connectivity index (χ2v) is 7.01. The number of halogens is 1. The minimum Gasteiger partial charge on any atom is -0.490 e. The summed E-state index contributed by atoms with van der Waals surface area (Å²) in [6.07, 6.45) is 2.23. The average molecular weight is 402 g/mol. The molecule has 1 aliphatic rings. The van der Waals surface area contributed by atoms with Crippen LogP contribution in [0.4, 0.5) is 11.4 Å². The molecule has 0 bridgehead atoms. The van der Waals surface area contributed by atoms with Gasteiger partial charge in [-0.2, -0.15) is 0 Å². The third kappa shape index (κ3) is 5.61. The van der Waals surface area contributed by atoms with E-state index in [0.29, 0.717) is 22.0 Å². The lowest BCUT2D eigenvalue weighted by Crippen LogP contribution is -2.34. The smallest absolute Gasteiger partial charge is 0.243 e. The van der Waals surface area contributed by atoms with E-state index < -0.39 is 0 Å². The second kappa shape index (κ2) is 9.43. The number of ether oxygens (including phenoxy) is 1. The molecule has 7 nitrogen and oxygen atoms in total. The van der Waals surface area contributed by atoms with Crippen LogP contribution in [0.2, 0.25) is 5.02 Å². The summed E-state index contributed by atoms with van der Waals surface area (Å²) in [6.45, 7) is 1.99. The molecule has 0 aromatic heterocycles. The van der Waals surface area contributed by atoms with Gasteiger partial charge < -0.3 is 26.4 Å². The molecule has 28 heavy (non-hydrogen) atoms. The lowest BCUT2D eigenvalue weighted by atomic mass is 10.1. The fraction of sp³-hybridized carbons (Fsp3) is 0.300. The number of rotatable bonds is 7. The topological polar surface area (TPSA) is 112 Å². The third-order valence-corrected chi connectivity index (χ3v) is 4.77. The van der Waals surface area contributed by atoms with Gasteiger partial charge in [0, 0.05) is 11.3 Å². The monoisotopic (exact) mass is 401 g/mol. The van der Waals surface area contributed by atoms with Crippen LogP contribution < -0.4 is 26.4 Å². The van der Waals surface area contributed by atoms with Gasteiger partial charge in [0.2, 0.25) is 5.91 Å². The van der Waals surface area contributed by atoms with E-state index in [0.717, 1.165) is 31.7 Å². The maximum Gasteiger partial charge on any atom is 0.243 e. The summed E-state index contributed by atoms with van der Waals surface area (Å²) in [5.74, 6) is 0.531. The molecule has 2 aromatic carbocycles. The molecule has 1 aliphatic heterocycles. The number of piperidine rings is 1. The molecule has 1 heterocycles. The van der Waals surface area contributed by atoms with E-state index >= 15 is 0 Å². The lowest BCUT2D eigenvalue weighted by molar-refractivity contribution is -0.114. The molecule has 0 aliphatic carbocycles. The Labute approximate surface area is 169 Å². The quantitative estimate of drug-likeness (QED) is 0.362. The zero-order valence-corrected chi connectivity index (χ0v) is 16.2. The summed E-state index contributed by atoms with van der Waals surface area (Å²) in [6, 6.07) is 12.3. The van der Waals surface area contributed by atoms with Gasteiger partial charge in [-0.25, -0.2) is 0 Å². The first kappa shape index (κ1) is 20.0. The predicted octanol–water partition coefficient (Wildman–Crippen LogP) is 2.81. The Bertz CT molecular complexity index is 835. The van der Waals surface area contributed by atoms with Gasteiger partial charge in [0.1, 0.15) is 17.7 Å². The lowest BCUT2D eigenvalue weighted by Gasteiger charge is -2.23. The van der Waals surface area contributed by atoms with Crippen LogP contribution in [-0.4, -0.2) is 37.5 Å². The molecular weight excluding hydrogens is 378 g/mol. The van der Waals surface area contributed by atoms with Gasteiger partial charge in [0.25, 0.3) is 0 Å². The average Bonchev–Trinajstić information content (AvgIpc) is 2.69. The number of amides is 1. The van der Waals surface area contributed by atoms with E-state index in [4.69, 9.17) is 27.5 Å². The van der Waals surface area contributed by atoms with Crippen molar-refractivity contribution < 1.29 is 9.53 Å². The summed E-state index contributed by atoms with van der Waals surface area (Å²) in [4.78, 5) is 12.2. The minimum atomic E-state index is -0.212. The molecular formula is C20H24ClN5O2. The van der Waals surface area contributed by atoms with Gasteiger partial charge in [0.15, 0.2) is 0 Å². The van der Waals surface area contributed by atoms with Crippen molar-refractivity contribution >= 4 is 34.7 Å². The fourth-order valence-electron chi connectivity index (χ4n) is 2.93. The highest BCUT2D eigenvalue weighted by Crippen LogP contribution is 2.23. The highest BCUT2D eigenvalue weighted by Gasteiger charge is 2.14. The molecule has 0 atom stereocenters. The van der Waals surface area contributed by atoms with Crippen LogP contribution >= 0.6 is 11.6 Å². The van der Waals surface area contributed by atoms with Crippen LogP contribution in [0.5, 0.6) is 5.75 Å². The van der Waals surface area contributed by atoms with Gasteiger partial charge in [-0.3, -0.25) is 10.2 Å². The molecule has 1 fully saturated rings. The van der Waals surface area contributed by atoms with E-state index in [1.807, 2.05) is 24.3 Å². The minimum absolute atomic E-state index is 0.0361. The second-order valence-electron chi connectivity index (χ2n) is 6.60. The molecule has 8 heteroatoms. The highest BCUT2D eigenvalue weighted by molar-refractivity contribution is 6.33. The standard InChI is InChI=1S/C20H24ClN5O2/c21-17-6-1-13(20(22)23)11-18(17)25-12-19(27)26-14-2-4-15(5-3-14)28-16-7-9-24-10-8-16/h1-6,11,16,24-25H,7-10,12H2,(H3,22,23)(H,26,27). The number of amidine groups is 1. The summed E-state index contributed by atoms with van der Waals surface area (Å²) in [5, 5.41) is 17.0. The first-order valence-electron chi connectivity index (χ1n) is 9.16. The zero-order valence-electron chi connectivity index (χ0n) is 15.4. The van der Waals surface area contributed by atoms with Crippen LogP contribution in [0.25, 0.3) is 0 Å². The van der Waals surface area contributed by atoms with E-state index in [2.05, 4.69) is 16.0 Å². The SMILES string of the molecule is N=C(N)c1ccc(Cl)c(NCC(=O)Nc2ccc(OC3CCNCC3)cc2)c1. The molecule has 148 valence electrons. The van der Waals surface area contributed by atoms with E-state index in [1.165, 1.54) is 0 Å². The van der Waals surface area contributed by atoms with Crippen molar-refractivity contribution in [2.24, 2.45) is 5.73 Å². The maximum absolute atomic E-state index is 12.2. The Morgan fingerprint density at radius 3 is 2.61 bits per heavy atom. The van der Waals surface area contributed by atoms with Crippen molar-refractivity contribution in [3.05, 3.63) is 53.1 Å². The molecule has 0 saturated carbocycles. The normalized spacial score (nSPS) is 14.3. The van der Waals surface area contributed by atoms with Gasteiger partial charge in [0.05, 0.1) is 17.3 Å². The van der Waals surface area contributed by atoms with Gasteiger partial charge >= 0.3 is 0 Å². The molecule has 1 amide bonds. The molecule has 0 spiro atoms. The van der Waals surface area contributed by atoms with Crippen molar-refractivity contribution in [2.75, 3.05) is 30.3 Å². The van der Waals surface area contributed by atoms with Crippen LogP contribution in [0, 0.1) is 5.41 Å². The van der Waals surface area contributed by atoms with E-state index in [-0.39, 0.29) is 24.4 Å². The van der Waals surface area contributed by atoms with Crippen molar-refractivity contribution in [3.8, 4) is 5.75 Å². The number of anilines is 2. The van der Waals surface area contributed by atoms with Crippen LogP contribution in [-0.2, 0) is 4.79 Å². The van der Waals surface area contributed by atoms with Gasteiger partial charge in [-0.05, 0) is 68.4 Å². The number of nitrogens with one attached hydrogen (secondary N) is 4. The van der Waals surface area contributed by atoms with E-state index in [9.17, 15) is 4.79 Å². The van der Waals surface area contributed by atoms with Crippen molar-refractivity contribution in [1.29, 1.82) is 5.41 Å². The molecule has 2 aromatic rings. The van der Waals surface area contributed by atoms with Gasteiger partial charge in [-0.1, -0.05) is 11.6 Å². The summed E-state index contributed by atoms with van der Waals surface area (Å²) < 4.78 is 5.96. The Morgan fingerprint density at radius 2 is 1.93 bits per heavy atom. The molecule has 0 radical (unpaired) electrons. The Kier molecular flexibility index (Phi) is 6.73. The highest BCUT2D eigenvalue weighted by atomic mass is 35.5. The number of benzene rings is 2. The Hall–Kier alpha value is -2.77. The summed E-state index contributed by atoms with van der Waals surface area (Å²) >= 11 is 6.12. The molecule has 6 N–H and O–H groups in total. The Morgan fingerprint density at radius 1 is 1.21 bits per heavy atom. The van der Waals surface area contributed by atoms with Crippen LogP contribution in [0.15, 0.2) is 42.5 Å². The number of hydrogen-bond acceptors (Lipinski definition) is 5. The fourth-order valence-corrected chi connectivity index (χ4v) is 3.12. The van der Waals surface area contributed by atoms with Crippen molar-refractivity contribution in [1.82, 2.24) is 5.32 Å². The largest absolute Gasteiger partial charge is 0.490 e. The molecule has 0 unspecified atom stereocenters. The zero-order chi connectivity index (χ0) is 19.9. The molecule has 1 saturated heterocycles. The number of nitrogens with two attached hydrogens (primary N) is 1. The summed E-state index contributed by atoms with van der Waals surface area (Å²) in [7, 11) is 0. The predicted molar refractivity (Wildman–Crippen MR) is 113 cm³/mol. The van der Waals surface area contributed by atoms with Crippen molar-refractivity contribution in [3.63, 3.8) is 0 Å². The van der Waals surface area contributed by atoms with Gasteiger partial charge in [-0.15, -0.1) is 0 Å². The number of carbonyl (C=O) groups is 1. The molecule has 3 rings (SSSR count). The Balaban J connectivity index is 1.51. The van der Waals surface area contributed by atoms with E-state index in [1.54, 1.807) is 18.2 Å². The third-order valence-electron chi connectivity index (χ3n) is 4.44. The number of hydrogen-bond donors (Lipinski definition) is 5. The first-order chi connectivity index (χ1) is 13.5. The first-order valence-corrected chi connectivity index (χ1v) is 9.54. The summed E-state index contributed by atoms with van der Waals surface area (Å²) in [5.41, 5.74) is 7.26. The van der Waals surface area contributed by atoms with Crippen molar-refractivity contribution in [2.45, 2.75) is 18.9 Å². The van der Waals surface area contributed by atoms with Crippen LogP contribution in [0.3, 0.4) is 0 Å². The van der Waals surface area contributed by atoms with Crippen LogP contribution in [0.1, 0.15) is 18.4 Å².